The van der Waals surface area contributed by atoms with E-state index in [1.165, 1.54) is 12.8 Å². The first-order valence-electron chi connectivity index (χ1n) is 6.19. The summed E-state index contributed by atoms with van der Waals surface area (Å²) in [5.41, 5.74) is 1.49. The van der Waals surface area contributed by atoms with Gasteiger partial charge < -0.3 is 9.84 Å². The topological polar surface area (TPSA) is 76.7 Å². The Kier molecular flexibility index (Phi) is 3.02. The molecule has 0 aromatic carbocycles. The molecule has 0 saturated carbocycles. The molecule has 1 fully saturated rings. The maximum Gasteiger partial charge on any atom is 0.278 e. The molecule has 0 amide bonds. The molecule has 6 nitrogen and oxygen atoms in total. The standard InChI is InChI=1S/C12H15N5O/c1-8-6-15-10(7-14-8)12-16-11(17-18-12)9-4-2-3-5-13-9/h6-7,9,13H,2-5H2,1H3. The van der Waals surface area contributed by atoms with Crippen LogP contribution in [0.25, 0.3) is 11.6 Å². The van der Waals surface area contributed by atoms with Crippen LogP contribution in [0.4, 0.5) is 0 Å². The molecule has 0 spiro atoms. The molecular formula is C12H15N5O. The van der Waals surface area contributed by atoms with Crippen LogP contribution in [-0.2, 0) is 0 Å². The first-order chi connectivity index (χ1) is 8.83. The van der Waals surface area contributed by atoms with Gasteiger partial charge in [0.05, 0.1) is 17.9 Å². The van der Waals surface area contributed by atoms with Crippen LogP contribution in [0.1, 0.15) is 36.8 Å². The molecule has 0 radical (unpaired) electrons. The molecular weight excluding hydrogens is 230 g/mol. The Labute approximate surface area is 105 Å². The van der Waals surface area contributed by atoms with Crippen LogP contribution >= 0.6 is 0 Å². The largest absolute Gasteiger partial charge is 0.332 e. The van der Waals surface area contributed by atoms with E-state index < -0.39 is 0 Å². The van der Waals surface area contributed by atoms with Gasteiger partial charge >= 0.3 is 0 Å². The van der Waals surface area contributed by atoms with Gasteiger partial charge in [0.25, 0.3) is 5.89 Å². The highest BCUT2D eigenvalue weighted by atomic mass is 16.5. The van der Waals surface area contributed by atoms with Crippen molar-refractivity contribution in [3.05, 3.63) is 23.9 Å². The van der Waals surface area contributed by atoms with Gasteiger partial charge in [-0.1, -0.05) is 11.6 Å². The lowest BCUT2D eigenvalue weighted by Gasteiger charge is -2.19. The van der Waals surface area contributed by atoms with Gasteiger partial charge in [0.2, 0.25) is 0 Å². The molecule has 2 aromatic heterocycles. The lowest BCUT2D eigenvalue weighted by molar-refractivity contribution is 0.366. The van der Waals surface area contributed by atoms with Crippen LogP contribution in [-0.4, -0.2) is 26.7 Å². The Morgan fingerprint density at radius 3 is 2.94 bits per heavy atom. The van der Waals surface area contributed by atoms with Crippen molar-refractivity contribution >= 4 is 0 Å². The molecule has 1 atom stereocenters. The van der Waals surface area contributed by atoms with Crippen molar-refractivity contribution in [2.45, 2.75) is 32.2 Å². The van der Waals surface area contributed by atoms with Gasteiger partial charge in [-0.3, -0.25) is 4.98 Å². The van der Waals surface area contributed by atoms with E-state index in [2.05, 4.69) is 25.4 Å². The number of piperidine rings is 1. The van der Waals surface area contributed by atoms with Crippen LogP contribution in [0.2, 0.25) is 0 Å². The molecule has 1 aliphatic heterocycles. The van der Waals surface area contributed by atoms with E-state index in [0.717, 1.165) is 18.7 Å². The number of aryl methyl sites for hydroxylation is 1. The molecule has 18 heavy (non-hydrogen) atoms. The van der Waals surface area contributed by atoms with E-state index in [9.17, 15) is 0 Å². The second-order valence-electron chi connectivity index (χ2n) is 4.50. The Morgan fingerprint density at radius 1 is 1.28 bits per heavy atom. The van der Waals surface area contributed by atoms with Crippen molar-refractivity contribution in [2.75, 3.05) is 6.54 Å². The highest BCUT2D eigenvalue weighted by molar-refractivity contribution is 5.44. The fourth-order valence-corrected chi connectivity index (χ4v) is 2.06. The van der Waals surface area contributed by atoms with Crippen molar-refractivity contribution < 1.29 is 4.52 Å². The summed E-state index contributed by atoms with van der Waals surface area (Å²) in [5.74, 6) is 1.15. The Morgan fingerprint density at radius 2 is 2.22 bits per heavy atom. The SMILES string of the molecule is Cc1cnc(-c2nc(C3CCCCN3)no2)cn1. The average Bonchev–Trinajstić information content (AvgIpc) is 2.90. The zero-order valence-corrected chi connectivity index (χ0v) is 10.3. The maximum atomic E-state index is 5.24. The molecule has 0 aliphatic carbocycles. The third-order valence-corrected chi connectivity index (χ3v) is 3.06. The highest BCUT2D eigenvalue weighted by Crippen LogP contribution is 2.22. The molecule has 2 aromatic rings. The van der Waals surface area contributed by atoms with Crippen LogP contribution in [0, 0.1) is 6.92 Å². The van der Waals surface area contributed by atoms with Crippen molar-refractivity contribution in [2.24, 2.45) is 0 Å². The monoisotopic (exact) mass is 245 g/mol. The lowest BCUT2D eigenvalue weighted by Crippen LogP contribution is -2.27. The van der Waals surface area contributed by atoms with Crippen LogP contribution in [0.5, 0.6) is 0 Å². The van der Waals surface area contributed by atoms with E-state index in [4.69, 9.17) is 4.52 Å². The Bertz CT molecular complexity index is 516. The Hall–Kier alpha value is -1.82. The summed E-state index contributed by atoms with van der Waals surface area (Å²) in [6, 6.07) is 0.203. The van der Waals surface area contributed by atoms with E-state index >= 15 is 0 Å². The molecule has 1 saturated heterocycles. The zero-order valence-electron chi connectivity index (χ0n) is 10.3. The third kappa shape index (κ3) is 2.24. The number of aromatic nitrogens is 4. The quantitative estimate of drug-likeness (QED) is 0.866. The van der Waals surface area contributed by atoms with E-state index in [-0.39, 0.29) is 6.04 Å². The van der Waals surface area contributed by atoms with E-state index in [1.807, 2.05) is 6.92 Å². The van der Waals surface area contributed by atoms with E-state index in [1.54, 1.807) is 12.4 Å². The average molecular weight is 245 g/mol. The smallest absolute Gasteiger partial charge is 0.278 e. The van der Waals surface area contributed by atoms with E-state index in [0.29, 0.717) is 17.4 Å². The van der Waals surface area contributed by atoms with Gasteiger partial charge in [0, 0.05) is 6.20 Å². The number of nitrogens with one attached hydrogen (secondary N) is 1. The molecule has 3 rings (SSSR count). The minimum atomic E-state index is 0.203. The first-order valence-corrected chi connectivity index (χ1v) is 6.19. The summed E-state index contributed by atoms with van der Waals surface area (Å²) in [4.78, 5) is 12.8. The summed E-state index contributed by atoms with van der Waals surface area (Å²) < 4.78 is 5.24. The number of hydrogen-bond acceptors (Lipinski definition) is 6. The van der Waals surface area contributed by atoms with Crippen LogP contribution in [0.3, 0.4) is 0 Å². The minimum Gasteiger partial charge on any atom is -0.332 e. The van der Waals surface area contributed by atoms with Gasteiger partial charge in [-0.05, 0) is 26.3 Å². The Balaban J connectivity index is 1.82. The second-order valence-corrected chi connectivity index (χ2v) is 4.50. The highest BCUT2D eigenvalue weighted by Gasteiger charge is 2.21. The third-order valence-electron chi connectivity index (χ3n) is 3.06. The van der Waals surface area contributed by atoms with Crippen LogP contribution in [0.15, 0.2) is 16.9 Å². The summed E-state index contributed by atoms with van der Waals surface area (Å²) in [6.07, 6.45) is 6.81. The summed E-state index contributed by atoms with van der Waals surface area (Å²) in [5, 5.41) is 7.41. The van der Waals surface area contributed by atoms with Gasteiger partial charge in [-0.2, -0.15) is 4.98 Å². The van der Waals surface area contributed by atoms with Gasteiger partial charge in [0.15, 0.2) is 5.82 Å². The lowest BCUT2D eigenvalue weighted by atomic mass is 10.0. The first kappa shape index (κ1) is 11.3. The van der Waals surface area contributed by atoms with Gasteiger partial charge in [0.1, 0.15) is 5.69 Å². The zero-order chi connectivity index (χ0) is 12.4. The maximum absolute atomic E-state index is 5.24. The number of rotatable bonds is 2. The fourth-order valence-electron chi connectivity index (χ4n) is 2.06. The predicted molar refractivity (Wildman–Crippen MR) is 64.7 cm³/mol. The van der Waals surface area contributed by atoms with Crippen molar-refractivity contribution in [3.8, 4) is 11.6 Å². The normalized spacial score (nSPS) is 19.9. The van der Waals surface area contributed by atoms with Crippen molar-refractivity contribution in [1.82, 2.24) is 25.4 Å². The molecule has 94 valence electrons. The molecule has 0 bridgehead atoms. The molecule has 1 unspecified atom stereocenters. The molecule has 1 N–H and O–H groups in total. The molecule has 1 aliphatic rings. The number of hydrogen-bond donors (Lipinski definition) is 1. The predicted octanol–water partition coefficient (Wildman–Crippen LogP) is 1.65. The fraction of sp³-hybridized carbons (Fsp3) is 0.500. The summed E-state index contributed by atoms with van der Waals surface area (Å²) >= 11 is 0. The molecule has 3 heterocycles. The van der Waals surface area contributed by atoms with Crippen molar-refractivity contribution in [1.29, 1.82) is 0 Å². The van der Waals surface area contributed by atoms with Gasteiger partial charge in [-0.25, -0.2) is 4.98 Å². The summed E-state index contributed by atoms with van der Waals surface area (Å²) in [6.45, 7) is 2.90. The second kappa shape index (κ2) is 4.81. The minimum absolute atomic E-state index is 0.203. The van der Waals surface area contributed by atoms with Gasteiger partial charge in [-0.15, -0.1) is 0 Å². The van der Waals surface area contributed by atoms with Crippen LogP contribution < -0.4 is 5.32 Å². The van der Waals surface area contributed by atoms with Crippen molar-refractivity contribution in [3.63, 3.8) is 0 Å². The molecule has 6 heteroatoms. The summed E-state index contributed by atoms with van der Waals surface area (Å²) in [7, 11) is 0. The number of nitrogens with zero attached hydrogens (tertiary/aromatic N) is 4.